The number of benzene rings is 1. The van der Waals surface area contributed by atoms with Gasteiger partial charge in [-0.05, 0) is 17.7 Å². The zero-order valence-electron chi connectivity index (χ0n) is 7.21. The summed E-state index contributed by atoms with van der Waals surface area (Å²) in [6.07, 6.45) is 0. The number of hydrogen-bond acceptors (Lipinski definition) is 3. The molecule has 0 aliphatic heterocycles. The molecule has 0 unspecified atom stereocenters. The molecule has 1 aromatic carbocycles. The number of hydrogen-bond donors (Lipinski definition) is 2. The van der Waals surface area contributed by atoms with Gasteiger partial charge in [-0.2, -0.15) is 5.10 Å². The van der Waals surface area contributed by atoms with Crippen LogP contribution < -0.4 is 11.6 Å². The van der Waals surface area contributed by atoms with E-state index in [0.717, 1.165) is 5.56 Å². The summed E-state index contributed by atoms with van der Waals surface area (Å²) < 4.78 is 0. The van der Waals surface area contributed by atoms with Crippen molar-refractivity contribution in [1.29, 1.82) is 0 Å². The van der Waals surface area contributed by atoms with E-state index in [1.165, 1.54) is 11.8 Å². The van der Waals surface area contributed by atoms with Gasteiger partial charge < -0.3 is 11.6 Å². The summed E-state index contributed by atoms with van der Waals surface area (Å²) in [4.78, 5) is 0. The van der Waals surface area contributed by atoms with Crippen molar-refractivity contribution in [2.45, 2.75) is 5.75 Å². The average Bonchev–Trinajstić information content (AvgIpc) is 2.19. The summed E-state index contributed by atoms with van der Waals surface area (Å²) in [6.45, 7) is 0. The molecule has 0 fully saturated rings. The Bertz CT molecular complexity index is 354. The number of rotatable bonds is 2. The van der Waals surface area contributed by atoms with E-state index in [4.69, 9.17) is 34.8 Å². The molecule has 0 aromatic heterocycles. The molecule has 0 spiro atoms. The van der Waals surface area contributed by atoms with Crippen LogP contribution in [-0.4, -0.2) is 5.17 Å². The van der Waals surface area contributed by atoms with Crippen LogP contribution in [0.3, 0.4) is 0 Å². The number of thioether (sulfide) groups is 1. The number of nitrogens with zero attached hydrogens (tertiary/aromatic N) is 1. The number of halogens is 2. The van der Waals surface area contributed by atoms with E-state index in [-0.39, 0.29) is 0 Å². The Hall–Kier alpha value is -0.580. The third kappa shape index (κ3) is 3.29. The fraction of sp³-hybridized carbons (Fsp3) is 0.125. The summed E-state index contributed by atoms with van der Waals surface area (Å²) >= 11 is 12.9. The largest absolute Gasteiger partial charge is 0.377 e. The van der Waals surface area contributed by atoms with E-state index >= 15 is 0 Å². The first-order valence-electron chi connectivity index (χ1n) is 3.73. The van der Waals surface area contributed by atoms with Crippen LogP contribution in [0, 0.1) is 0 Å². The zero-order valence-corrected chi connectivity index (χ0v) is 9.53. The molecular formula is C8H9Cl2N3S. The van der Waals surface area contributed by atoms with Gasteiger partial charge in [0.25, 0.3) is 0 Å². The minimum absolute atomic E-state index is 0.344. The van der Waals surface area contributed by atoms with Gasteiger partial charge in [0.05, 0.1) is 10.0 Å². The second-order valence-corrected chi connectivity index (χ2v) is 4.31. The van der Waals surface area contributed by atoms with Crippen molar-refractivity contribution in [2.75, 3.05) is 0 Å². The van der Waals surface area contributed by atoms with Gasteiger partial charge in [-0.1, -0.05) is 41.0 Å². The summed E-state index contributed by atoms with van der Waals surface area (Å²) in [5, 5.41) is 4.76. The van der Waals surface area contributed by atoms with Gasteiger partial charge in [0.2, 0.25) is 0 Å². The second-order valence-electron chi connectivity index (χ2n) is 2.50. The molecule has 0 amide bonds. The van der Waals surface area contributed by atoms with Crippen LogP contribution in [0.15, 0.2) is 23.3 Å². The minimum atomic E-state index is 0.344. The summed E-state index contributed by atoms with van der Waals surface area (Å²) in [5.74, 6) is 5.66. The number of nitrogens with two attached hydrogens (primary N) is 2. The Morgan fingerprint density at radius 3 is 2.64 bits per heavy atom. The fourth-order valence-corrected chi connectivity index (χ4v) is 1.71. The predicted octanol–water partition coefficient (Wildman–Crippen LogP) is 2.42. The molecule has 0 bridgehead atoms. The van der Waals surface area contributed by atoms with Crippen molar-refractivity contribution >= 4 is 40.1 Å². The van der Waals surface area contributed by atoms with E-state index in [0.29, 0.717) is 21.0 Å². The van der Waals surface area contributed by atoms with Crippen LogP contribution in [-0.2, 0) is 5.75 Å². The average molecular weight is 250 g/mol. The maximum Gasteiger partial charge on any atom is 0.177 e. The highest BCUT2D eigenvalue weighted by atomic mass is 35.5. The number of amidine groups is 1. The fourth-order valence-electron chi connectivity index (χ4n) is 0.824. The highest BCUT2D eigenvalue weighted by Gasteiger charge is 2.00. The lowest BCUT2D eigenvalue weighted by Crippen LogP contribution is -2.09. The van der Waals surface area contributed by atoms with Crippen LogP contribution in [0.1, 0.15) is 5.56 Å². The van der Waals surface area contributed by atoms with Gasteiger partial charge in [0.1, 0.15) is 0 Å². The summed E-state index contributed by atoms with van der Waals surface area (Å²) in [6, 6.07) is 5.42. The molecule has 1 rings (SSSR count). The van der Waals surface area contributed by atoms with Crippen LogP contribution in [0.25, 0.3) is 0 Å². The molecule has 14 heavy (non-hydrogen) atoms. The summed E-state index contributed by atoms with van der Waals surface area (Å²) in [7, 11) is 0. The van der Waals surface area contributed by atoms with Crippen LogP contribution in [0.2, 0.25) is 10.0 Å². The Kier molecular flexibility index (Phi) is 4.38. The van der Waals surface area contributed by atoms with Gasteiger partial charge >= 0.3 is 0 Å². The van der Waals surface area contributed by atoms with Gasteiger partial charge in [0, 0.05) is 5.75 Å². The maximum atomic E-state index is 5.84. The molecule has 0 saturated carbocycles. The van der Waals surface area contributed by atoms with Crippen molar-refractivity contribution < 1.29 is 0 Å². The SMILES string of the molecule is N/N=C(/N)SCc1ccc(Cl)c(Cl)c1. The standard InChI is InChI=1S/C8H9Cl2N3S/c9-6-2-1-5(3-7(6)10)4-14-8(11)13-12/h1-3H,4,12H2,(H2,11,13). The highest BCUT2D eigenvalue weighted by Crippen LogP contribution is 2.24. The van der Waals surface area contributed by atoms with E-state index in [2.05, 4.69) is 5.10 Å². The highest BCUT2D eigenvalue weighted by molar-refractivity contribution is 8.13. The molecule has 4 N–H and O–H groups in total. The number of hydrazone groups is 1. The van der Waals surface area contributed by atoms with Crippen molar-refractivity contribution in [3.63, 3.8) is 0 Å². The third-order valence-electron chi connectivity index (χ3n) is 1.50. The van der Waals surface area contributed by atoms with Gasteiger partial charge in [0.15, 0.2) is 5.17 Å². The molecule has 0 saturated heterocycles. The third-order valence-corrected chi connectivity index (χ3v) is 3.12. The van der Waals surface area contributed by atoms with E-state index < -0.39 is 0 Å². The maximum absolute atomic E-state index is 5.84. The molecule has 0 aliphatic carbocycles. The molecule has 0 radical (unpaired) electrons. The lowest BCUT2D eigenvalue weighted by Gasteiger charge is -2.02. The predicted molar refractivity (Wildman–Crippen MR) is 63.6 cm³/mol. The monoisotopic (exact) mass is 249 g/mol. The molecule has 1 aromatic rings. The smallest absolute Gasteiger partial charge is 0.177 e. The second kappa shape index (κ2) is 5.34. The van der Waals surface area contributed by atoms with Gasteiger partial charge in [-0.25, -0.2) is 0 Å². The minimum Gasteiger partial charge on any atom is -0.377 e. The molecule has 0 aliphatic rings. The van der Waals surface area contributed by atoms with Crippen LogP contribution >= 0.6 is 35.0 Å². The molecule has 6 heteroatoms. The molecular weight excluding hydrogens is 241 g/mol. The molecule has 3 nitrogen and oxygen atoms in total. The van der Waals surface area contributed by atoms with E-state index in [1.54, 1.807) is 12.1 Å². The van der Waals surface area contributed by atoms with Crippen molar-refractivity contribution in [3.05, 3.63) is 33.8 Å². The van der Waals surface area contributed by atoms with Crippen LogP contribution in [0.5, 0.6) is 0 Å². The molecule has 0 heterocycles. The lowest BCUT2D eigenvalue weighted by molar-refractivity contribution is 1.25. The first-order valence-corrected chi connectivity index (χ1v) is 5.47. The molecule has 76 valence electrons. The zero-order chi connectivity index (χ0) is 10.6. The normalized spacial score (nSPS) is 11.7. The Morgan fingerprint density at radius 1 is 1.36 bits per heavy atom. The Morgan fingerprint density at radius 2 is 2.07 bits per heavy atom. The molecule has 0 atom stereocenters. The van der Waals surface area contributed by atoms with E-state index in [1.807, 2.05) is 6.07 Å². The van der Waals surface area contributed by atoms with Crippen LogP contribution in [0.4, 0.5) is 0 Å². The first-order chi connectivity index (χ1) is 6.63. The lowest BCUT2D eigenvalue weighted by atomic mass is 10.2. The Labute approximate surface area is 96.4 Å². The van der Waals surface area contributed by atoms with Crippen molar-refractivity contribution in [3.8, 4) is 0 Å². The van der Waals surface area contributed by atoms with Crippen molar-refractivity contribution in [2.24, 2.45) is 16.7 Å². The Balaban J connectivity index is 2.64. The van der Waals surface area contributed by atoms with Gasteiger partial charge in [-0.15, -0.1) is 0 Å². The first kappa shape index (κ1) is 11.5. The summed E-state index contributed by atoms with van der Waals surface area (Å²) in [5.41, 5.74) is 6.44. The van der Waals surface area contributed by atoms with E-state index in [9.17, 15) is 0 Å². The van der Waals surface area contributed by atoms with Gasteiger partial charge in [-0.3, -0.25) is 0 Å². The topological polar surface area (TPSA) is 64.4 Å². The quantitative estimate of drug-likeness (QED) is 0.366. The van der Waals surface area contributed by atoms with Crippen molar-refractivity contribution in [1.82, 2.24) is 0 Å².